The first-order chi connectivity index (χ1) is 16.1. The number of amides is 1. The molecule has 33 heavy (non-hydrogen) atoms. The van der Waals surface area contributed by atoms with E-state index in [2.05, 4.69) is 53.4 Å². The Balaban J connectivity index is 1.29. The van der Waals surface area contributed by atoms with Gasteiger partial charge in [-0.3, -0.25) is 4.79 Å². The van der Waals surface area contributed by atoms with Gasteiger partial charge in [0.2, 0.25) is 0 Å². The van der Waals surface area contributed by atoms with Crippen LogP contribution in [0.25, 0.3) is 0 Å². The first-order valence-corrected chi connectivity index (χ1v) is 12.1. The van der Waals surface area contributed by atoms with Gasteiger partial charge in [-0.1, -0.05) is 66.2 Å². The minimum Gasteiger partial charge on any atom is -0.485 e. The number of carbonyl (C=O) groups excluding carboxylic acids is 1. The van der Waals surface area contributed by atoms with Crippen LogP contribution in [-0.4, -0.2) is 42.6 Å². The molecule has 0 aliphatic carbocycles. The van der Waals surface area contributed by atoms with Crippen molar-refractivity contribution in [1.29, 1.82) is 0 Å². The maximum absolute atomic E-state index is 13.0. The molecule has 3 aromatic carbocycles. The van der Waals surface area contributed by atoms with E-state index in [4.69, 9.17) is 16.3 Å². The van der Waals surface area contributed by atoms with Gasteiger partial charge in [-0.15, -0.1) is 0 Å². The highest BCUT2D eigenvalue weighted by Gasteiger charge is 2.40. The van der Waals surface area contributed by atoms with Crippen LogP contribution in [0.15, 0.2) is 78.9 Å². The number of piperidine rings is 1. The van der Waals surface area contributed by atoms with Gasteiger partial charge in [0, 0.05) is 45.4 Å². The minimum absolute atomic E-state index is 0.00830. The highest BCUT2D eigenvalue weighted by molar-refractivity contribution is 6.33. The molecule has 1 saturated heterocycles. The third kappa shape index (κ3) is 4.72. The van der Waals surface area contributed by atoms with Crippen molar-refractivity contribution in [3.05, 3.63) is 95.0 Å². The molecule has 0 unspecified atom stereocenters. The third-order valence-electron chi connectivity index (χ3n) is 6.95. The molecule has 1 spiro atoms. The molecule has 0 bridgehead atoms. The molecule has 1 fully saturated rings. The second-order valence-corrected chi connectivity index (χ2v) is 9.40. The molecule has 0 N–H and O–H groups in total. The molecule has 170 valence electrons. The van der Waals surface area contributed by atoms with Crippen molar-refractivity contribution < 1.29 is 9.53 Å². The largest absolute Gasteiger partial charge is 0.485 e. The van der Waals surface area contributed by atoms with E-state index in [9.17, 15) is 4.79 Å². The quantitative estimate of drug-likeness (QED) is 0.489. The molecular formula is C28H29ClN2O2. The fraction of sp³-hybridized carbons (Fsp3) is 0.321. The summed E-state index contributed by atoms with van der Waals surface area (Å²) in [5, 5.41) is 0.511. The number of fused-ring (bicyclic) bond motifs is 1. The van der Waals surface area contributed by atoms with E-state index in [0.717, 1.165) is 44.5 Å². The Bertz CT molecular complexity index is 1110. The lowest BCUT2D eigenvalue weighted by Gasteiger charge is -2.41. The number of rotatable bonds is 4. The predicted molar refractivity (Wildman–Crippen MR) is 133 cm³/mol. The lowest BCUT2D eigenvalue weighted by molar-refractivity contribution is 0.00242. The van der Waals surface area contributed by atoms with Gasteiger partial charge in [0.15, 0.2) is 0 Å². The summed E-state index contributed by atoms with van der Waals surface area (Å²) in [6.07, 6.45) is 3.60. The van der Waals surface area contributed by atoms with E-state index in [0.29, 0.717) is 23.7 Å². The first-order valence-electron chi connectivity index (χ1n) is 11.7. The Hall–Kier alpha value is -2.98. The van der Waals surface area contributed by atoms with Crippen molar-refractivity contribution in [2.75, 3.05) is 31.1 Å². The highest BCUT2D eigenvalue weighted by Crippen LogP contribution is 2.40. The van der Waals surface area contributed by atoms with Gasteiger partial charge in [-0.2, -0.15) is 0 Å². The van der Waals surface area contributed by atoms with Crippen LogP contribution < -0.4 is 9.64 Å². The number of hydrogen-bond acceptors (Lipinski definition) is 3. The van der Waals surface area contributed by atoms with E-state index in [1.807, 2.05) is 23.1 Å². The summed E-state index contributed by atoms with van der Waals surface area (Å²) in [6.45, 7) is 3.26. The molecule has 2 aliphatic heterocycles. The van der Waals surface area contributed by atoms with E-state index in [1.165, 1.54) is 11.3 Å². The maximum atomic E-state index is 13.0. The molecule has 0 radical (unpaired) electrons. The lowest BCUT2D eigenvalue weighted by atomic mass is 9.87. The molecular weight excluding hydrogens is 432 g/mol. The molecule has 2 aliphatic rings. The number of anilines is 1. The van der Waals surface area contributed by atoms with E-state index in [-0.39, 0.29) is 11.5 Å². The normalized spacial score (nSPS) is 17.2. The van der Waals surface area contributed by atoms with Gasteiger partial charge in [0.05, 0.1) is 16.3 Å². The Labute approximate surface area is 200 Å². The van der Waals surface area contributed by atoms with Crippen LogP contribution in [0.5, 0.6) is 5.75 Å². The molecule has 5 rings (SSSR count). The predicted octanol–water partition coefficient (Wildman–Crippen LogP) is 5.85. The zero-order valence-electron chi connectivity index (χ0n) is 18.8. The summed E-state index contributed by atoms with van der Waals surface area (Å²) < 4.78 is 6.72. The van der Waals surface area contributed by atoms with Gasteiger partial charge in [0.1, 0.15) is 11.4 Å². The Morgan fingerprint density at radius 3 is 2.30 bits per heavy atom. The van der Waals surface area contributed by atoms with Gasteiger partial charge in [0.25, 0.3) is 5.91 Å². The standard InChI is InChI=1S/C28H29ClN2O2/c29-24-11-5-4-10-23(24)27(32)31-20-16-28(17-21-31)15-19-30(18-14-22-8-2-1-3-9-22)25-12-6-7-13-26(25)33-28/h1-13H,14-21H2. The zero-order chi connectivity index (χ0) is 22.7. The SMILES string of the molecule is O=C(c1ccccc1Cl)N1CCC2(CC1)CCN(CCc1ccccc1)c1ccccc1O2. The summed E-state index contributed by atoms with van der Waals surface area (Å²) in [5.74, 6) is 0.961. The number of likely N-dealkylation sites (tertiary alicyclic amines) is 1. The minimum atomic E-state index is -0.241. The number of halogens is 1. The fourth-order valence-electron chi connectivity index (χ4n) is 4.96. The van der Waals surface area contributed by atoms with Crippen molar-refractivity contribution in [3.8, 4) is 5.75 Å². The van der Waals surface area contributed by atoms with Gasteiger partial charge < -0.3 is 14.5 Å². The van der Waals surface area contributed by atoms with Crippen molar-refractivity contribution in [1.82, 2.24) is 4.90 Å². The lowest BCUT2D eigenvalue weighted by Crippen LogP contribution is -2.50. The van der Waals surface area contributed by atoms with Crippen LogP contribution in [0.3, 0.4) is 0 Å². The second-order valence-electron chi connectivity index (χ2n) is 9.00. The van der Waals surface area contributed by atoms with Gasteiger partial charge in [-0.05, 0) is 36.2 Å². The smallest absolute Gasteiger partial charge is 0.255 e. The third-order valence-corrected chi connectivity index (χ3v) is 7.28. The molecule has 0 saturated carbocycles. The van der Waals surface area contributed by atoms with Crippen molar-refractivity contribution in [2.24, 2.45) is 0 Å². The zero-order valence-corrected chi connectivity index (χ0v) is 19.5. The molecule has 4 nitrogen and oxygen atoms in total. The van der Waals surface area contributed by atoms with Crippen LogP contribution in [-0.2, 0) is 6.42 Å². The number of nitrogens with zero attached hydrogens (tertiary/aromatic N) is 2. The average molecular weight is 461 g/mol. The summed E-state index contributed by atoms with van der Waals surface area (Å²) in [6, 6.07) is 26.3. The molecule has 0 atom stereocenters. The summed E-state index contributed by atoms with van der Waals surface area (Å²) in [7, 11) is 0. The molecule has 2 heterocycles. The summed E-state index contributed by atoms with van der Waals surface area (Å²) in [5.41, 5.74) is 2.85. The maximum Gasteiger partial charge on any atom is 0.255 e. The Kier molecular flexibility index (Phi) is 6.28. The topological polar surface area (TPSA) is 32.8 Å². The monoisotopic (exact) mass is 460 g/mol. The van der Waals surface area contributed by atoms with Crippen LogP contribution in [0.1, 0.15) is 35.2 Å². The van der Waals surface area contributed by atoms with E-state index < -0.39 is 0 Å². The van der Waals surface area contributed by atoms with Crippen molar-refractivity contribution in [2.45, 2.75) is 31.3 Å². The number of carbonyl (C=O) groups is 1. The van der Waals surface area contributed by atoms with E-state index >= 15 is 0 Å². The number of ether oxygens (including phenoxy) is 1. The Morgan fingerprint density at radius 1 is 0.848 bits per heavy atom. The molecule has 0 aromatic heterocycles. The summed E-state index contributed by atoms with van der Waals surface area (Å²) in [4.78, 5) is 17.4. The van der Waals surface area contributed by atoms with Gasteiger partial charge >= 0.3 is 0 Å². The number of hydrogen-bond donors (Lipinski definition) is 0. The molecule has 1 amide bonds. The van der Waals surface area contributed by atoms with Crippen molar-refractivity contribution >= 4 is 23.2 Å². The van der Waals surface area contributed by atoms with Crippen LogP contribution in [0.4, 0.5) is 5.69 Å². The number of para-hydroxylation sites is 2. The average Bonchev–Trinajstić information content (AvgIpc) is 3.00. The van der Waals surface area contributed by atoms with Crippen LogP contribution in [0, 0.1) is 0 Å². The summed E-state index contributed by atoms with van der Waals surface area (Å²) >= 11 is 6.27. The van der Waals surface area contributed by atoms with E-state index in [1.54, 1.807) is 12.1 Å². The van der Waals surface area contributed by atoms with Crippen LogP contribution >= 0.6 is 11.6 Å². The first kappa shape index (κ1) is 21.8. The van der Waals surface area contributed by atoms with Crippen LogP contribution in [0.2, 0.25) is 5.02 Å². The fourth-order valence-corrected chi connectivity index (χ4v) is 5.18. The molecule has 5 heteroatoms. The highest BCUT2D eigenvalue weighted by atomic mass is 35.5. The number of benzene rings is 3. The van der Waals surface area contributed by atoms with Gasteiger partial charge in [-0.25, -0.2) is 0 Å². The molecule has 3 aromatic rings. The second kappa shape index (κ2) is 9.48. The van der Waals surface area contributed by atoms with Crippen molar-refractivity contribution in [3.63, 3.8) is 0 Å². The Morgan fingerprint density at radius 2 is 1.52 bits per heavy atom.